The summed E-state index contributed by atoms with van der Waals surface area (Å²) in [4.78, 5) is 17.1. The summed E-state index contributed by atoms with van der Waals surface area (Å²) < 4.78 is 5.60. The van der Waals surface area contributed by atoms with Gasteiger partial charge in [-0.2, -0.15) is 0 Å². The van der Waals surface area contributed by atoms with Gasteiger partial charge in [0.1, 0.15) is 0 Å². The van der Waals surface area contributed by atoms with E-state index in [-0.39, 0.29) is 5.78 Å². The number of aliphatic hydroxyl groups excluding tert-OH is 1. The van der Waals surface area contributed by atoms with E-state index in [4.69, 9.17) is 4.74 Å². The van der Waals surface area contributed by atoms with Crippen molar-refractivity contribution in [2.24, 2.45) is 0 Å². The molecule has 1 atom stereocenters. The molecule has 6 heteroatoms. The maximum atomic E-state index is 11.4. The average molecular weight is 375 g/mol. The lowest BCUT2D eigenvalue weighted by molar-refractivity contribution is 0.00991. The molecule has 26 heavy (non-hydrogen) atoms. The van der Waals surface area contributed by atoms with Gasteiger partial charge < -0.3 is 14.7 Å². The van der Waals surface area contributed by atoms with Gasteiger partial charge in [-0.3, -0.25) is 9.69 Å². The molecule has 0 spiro atoms. The van der Waals surface area contributed by atoms with E-state index in [1.165, 1.54) is 4.88 Å². The number of hydrogen-bond acceptors (Lipinski definition) is 6. The van der Waals surface area contributed by atoms with Crippen LogP contribution in [-0.2, 0) is 11.3 Å². The second kappa shape index (κ2) is 9.28. The monoisotopic (exact) mass is 374 g/mol. The van der Waals surface area contributed by atoms with Crippen molar-refractivity contribution in [2.75, 3.05) is 44.2 Å². The van der Waals surface area contributed by atoms with Crippen molar-refractivity contribution in [3.63, 3.8) is 0 Å². The number of Topliss-reactive ketones (excluding diaryl/α,β-unsaturated/α-hetero) is 1. The normalized spacial score (nSPS) is 16.6. The molecule has 1 saturated heterocycles. The standard InChI is InChI=1S/C20H26N2O3S/c1-16(23)17-4-6-18(7-5-17)22-10-8-21(9-11-22)13-19(24)14-25-15-20-3-2-12-26-20/h2-7,12,19,24H,8-11,13-15H2,1H3. The molecule has 3 rings (SSSR count). The van der Waals surface area contributed by atoms with Gasteiger partial charge in [0.25, 0.3) is 0 Å². The number of thiophene rings is 1. The fraction of sp³-hybridized carbons (Fsp3) is 0.450. The molecule has 1 aromatic carbocycles. The number of hydrogen-bond donors (Lipinski definition) is 1. The Morgan fingerprint density at radius 2 is 1.92 bits per heavy atom. The first-order valence-electron chi connectivity index (χ1n) is 8.98. The number of rotatable bonds is 8. The number of piperazine rings is 1. The average Bonchev–Trinajstić information content (AvgIpc) is 3.16. The summed E-state index contributed by atoms with van der Waals surface area (Å²) in [5, 5.41) is 12.2. The number of aliphatic hydroxyl groups is 1. The number of nitrogens with zero attached hydrogens (tertiary/aromatic N) is 2. The molecule has 0 saturated carbocycles. The lowest BCUT2D eigenvalue weighted by Gasteiger charge is -2.36. The van der Waals surface area contributed by atoms with Crippen LogP contribution in [0.3, 0.4) is 0 Å². The number of carbonyl (C=O) groups is 1. The Balaban J connectivity index is 1.38. The molecule has 1 aromatic heterocycles. The topological polar surface area (TPSA) is 53.0 Å². The number of benzene rings is 1. The lowest BCUT2D eigenvalue weighted by atomic mass is 10.1. The van der Waals surface area contributed by atoms with Gasteiger partial charge in [-0.05, 0) is 42.6 Å². The highest BCUT2D eigenvalue weighted by atomic mass is 32.1. The molecule has 1 aliphatic heterocycles. The van der Waals surface area contributed by atoms with Crippen molar-refractivity contribution in [3.8, 4) is 0 Å². The van der Waals surface area contributed by atoms with E-state index in [9.17, 15) is 9.90 Å². The van der Waals surface area contributed by atoms with Crippen molar-refractivity contribution in [1.82, 2.24) is 4.90 Å². The minimum Gasteiger partial charge on any atom is -0.389 e. The summed E-state index contributed by atoms with van der Waals surface area (Å²) in [6, 6.07) is 11.9. The van der Waals surface area contributed by atoms with Crippen LogP contribution in [0.4, 0.5) is 5.69 Å². The summed E-state index contributed by atoms with van der Waals surface area (Å²) in [5.41, 5.74) is 1.90. The third-order valence-electron chi connectivity index (χ3n) is 4.61. The van der Waals surface area contributed by atoms with E-state index in [1.54, 1.807) is 18.3 Å². The molecular formula is C20H26N2O3S. The Morgan fingerprint density at radius 3 is 2.54 bits per heavy atom. The highest BCUT2D eigenvalue weighted by Gasteiger charge is 2.19. The molecule has 0 radical (unpaired) electrons. The third-order valence-corrected chi connectivity index (χ3v) is 5.46. The highest BCUT2D eigenvalue weighted by molar-refractivity contribution is 7.09. The van der Waals surface area contributed by atoms with Crippen LogP contribution in [0.1, 0.15) is 22.2 Å². The molecule has 140 valence electrons. The van der Waals surface area contributed by atoms with E-state index >= 15 is 0 Å². The van der Waals surface area contributed by atoms with E-state index in [2.05, 4.69) is 9.80 Å². The van der Waals surface area contributed by atoms with Gasteiger partial charge in [-0.1, -0.05) is 6.07 Å². The summed E-state index contributed by atoms with van der Waals surface area (Å²) in [6.07, 6.45) is -0.462. The first-order valence-corrected chi connectivity index (χ1v) is 9.86. The number of ether oxygens (including phenoxy) is 1. The van der Waals surface area contributed by atoms with Crippen LogP contribution in [0.15, 0.2) is 41.8 Å². The Kier molecular flexibility index (Phi) is 6.80. The van der Waals surface area contributed by atoms with Crippen LogP contribution in [0.25, 0.3) is 0 Å². The first kappa shape index (κ1) is 19.0. The van der Waals surface area contributed by atoms with Crippen molar-refractivity contribution in [1.29, 1.82) is 0 Å². The van der Waals surface area contributed by atoms with Gasteiger partial charge >= 0.3 is 0 Å². The first-order chi connectivity index (χ1) is 12.6. The molecule has 1 fully saturated rings. The predicted octanol–water partition coefficient (Wildman–Crippen LogP) is 2.65. The number of carbonyl (C=O) groups excluding carboxylic acids is 1. The summed E-state index contributed by atoms with van der Waals surface area (Å²) >= 11 is 1.67. The molecule has 1 aliphatic rings. The fourth-order valence-electron chi connectivity index (χ4n) is 3.14. The van der Waals surface area contributed by atoms with E-state index < -0.39 is 6.10 Å². The molecule has 0 aliphatic carbocycles. The number of anilines is 1. The maximum absolute atomic E-state index is 11.4. The molecule has 0 bridgehead atoms. The van der Waals surface area contributed by atoms with Gasteiger partial charge in [0.15, 0.2) is 5.78 Å². The van der Waals surface area contributed by atoms with E-state index in [1.807, 2.05) is 41.8 Å². The van der Waals surface area contributed by atoms with E-state index in [0.717, 1.165) is 37.4 Å². The summed E-state index contributed by atoms with van der Waals surface area (Å²) in [6.45, 7) is 6.82. The van der Waals surface area contributed by atoms with Crippen molar-refractivity contribution < 1.29 is 14.6 Å². The smallest absolute Gasteiger partial charge is 0.159 e. The molecular weight excluding hydrogens is 348 g/mol. The molecule has 0 amide bonds. The molecule has 2 heterocycles. The van der Waals surface area contributed by atoms with Gasteiger partial charge in [0.05, 0.1) is 19.3 Å². The van der Waals surface area contributed by atoms with Crippen LogP contribution in [0.5, 0.6) is 0 Å². The van der Waals surface area contributed by atoms with Gasteiger partial charge in [0.2, 0.25) is 0 Å². The molecule has 1 unspecified atom stereocenters. The van der Waals surface area contributed by atoms with Crippen LogP contribution >= 0.6 is 11.3 Å². The zero-order chi connectivity index (χ0) is 18.4. The van der Waals surface area contributed by atoms with Crippen LogP contribution < -0.4 is 4.90 Å². The summed E-state index contributed by atoms with van der Waals surface area (Å²) in [5.74, 6) is 0.0941. The Labute approximate surface area is 158 Å². The minimum absolute atomic E-state index is 0.0941. The van der Waals surface area contributed by atoms with Gasteiger partial charge in [-0.25, -0.2) is 0 Å². The highest BCUT2D eigenvalue weighted by Crippen LogP contribution is 2.18. The quantitative estimate of drug-likeness (QED) is 0.720. The fourth-order valence-corrected chi connectivity index (χ4v) is 3.78. The Hall–Kier alpha value is -1.73. The third kappa shape index (κ3) is 5.38. The minimum atomic E-state index is -0.462. The van der Waals surface area contributed by atoms with Crippen LogP contribution in [-0.4, -0.2) is 61.2 Å². The van der Waals surface area contributed by atoms with Crippen molar-refractivity contribution >= 4 is 22.8 Å². The maximum Gasteiger partial charge on any atom is 0.159 e. The van der Waals surface area contributed by atoms with Crippen molar-refractivity contribution in [3.05, 3.63) is 52.2 Å². The largest absolute Gasteiger partial charge is 0.389 e. The Bertz CT molecular complexity index is 680. The lowest BCUT2D eigenvalue weighted by Crippen LogP contribution is -2.49. The SMILES string of the molecule is CC(=O)c1ccc(N2CCN(CC(O)COCc3cccs3)CC2)cc1. The molecule has 5 nitrogen and oxygen atoms in total. The number of β-amino-alcohol motifs (C(OH)–C–C–N with tert-alkyl or cyclic N) is 1. The summed E-state index contributed by atoms with van der Waals surface area (Å²) in [7, 11) is 0. The zero-order valence-corrected chi connectivity index (χ0v) is 16.0. The second-order valence-electron chi connectivity index (χ2n) is 6.64. The predicted molar refractivity (Wildman–Crippen MR) is 105 cm³/mol. The zero-order valence-electron chi connectivity index (χ0n) is 15.1. The molecule has 2 aromatic rings. The van der Waals surface area contributed by atoms with Crippen molar-refractivity contribution in [2.45, 2.75) is 19.6 Å². The number of ketones is 1. The molecule has 1 N–H and O–H groups in total. The van der Waals surface area contributed by atoms with Gasteiger partial charge in [0, 0.05) is 48.9 Å². The van der Waals surface area contributed by atoms with E-state index in [0.29, 0.717) is 19.8 Å². The second-order valence-corrected chi connectivity index (χ2v) is 7.67. The Morgan fingerprint density at radius 1 is 1.19 bits per heavy atom. The van der Waals surface area contributed by atoms with Crippen LogP contribution in [0, 0.1) is 0 Å². The van der Waals surface area contributed by atoms with Gasteiger partial charge in [-0.15, -0.1) is 11.3 Å². The van der Waals surface area contributed by atoms with Crippen LogP contribution in [0.2, 0.25) is 0 Å².